The number of nitrogens with one attached hydrogen (secondary N) is 4. The van der Waals surface area contributed by atoms with Crippen molar-refractivity contribution in [3.8, 4) is 0 Å². The van der Waals surface area contributed by atoms with Gasteiger partial charge in [0.1, 0.15) is 24.2 Å². The predicted molar refractivity (Wildman–Crippen MR) is 200 cm³/mol. The van der Waals surface area contributed by atoms with E-state index >= 15 is 0 Å². The van der Waals surface area contributed by atoms with Gasteiger partial charge in [-0.15, -0.1) is 0 Å². The van der Waals surface area contributed by atoms with Crippen molar-refractivity contribution in [1.82, 2.24) is 40.3 Å². The highest BCUT2D eigenvalue weighted by molar-refractivity contribution is 5.97. The number of nitrogens with zero attached hydrogens (tertiary/aromatic N) is 5. The highest BCUT2D eigenvalue weighted by atomic mass is 16.2. The average Bonchev–Trinajstić information content (AvgIpc) is 3.81. The summed E-state index contributed by atoms with van der Waals surface area (Å²) in [5.74, 6) is -2.35. The molecule has 10 N–H and O–H groups in total. The van der Waals surface area contributed by atoms with Gasteiger partial charge in [0.05, 0.1) is 12.9 Å². The van der Waals surface area contributed by atoms with E-state index in [0.29, 0.717) is 12.1 Å². The lowest BCUT2D eigenvalue weighted by atomic mass is 9.92. The van der Waals surface area contributed by atoms with Gasteiger partial charge in [-0.05, 0) is 35.6 Å². The summed E-state index contributed by atoms with van der Waals surface area (Å²) < 4.78 is 0. The lowest BCUT2D eigenvalue weighted by molar-refractivity contribution is -0.147. The summed E-state index contributed by atoms with van der Waals surface area (Å²) >= 11 is 0. The second kappa shape index (κ2) is 16.1. The number of carbonyl (C=O) groups excluding carboxylic acids is 5. The Kier molecular flexibility index (Phi) is 11.1. The van der Waals surface area contributed by atoms with Crippen LogP contribution in [0.25, 0.3) is 10.9 Å². The van der Waals surface area contributed by atoms with Crippen LogP contribution in [0.15, 0.2) is 66.0 Å². The van der Waals surface area contributed by atoms with Gasteiger partial charge in [0.2, 0.25) is 23.6 Å². The average molecular weight is 739 g/mol. The zero-order valence-corrected chi connectivity index (χ0v) is 30.2. The van der Waals surface area contributed by atoms with Crippen LogP contribution in [-0.4, -0.2) is 110 Å². The van der Waals surface area contributed by atoms with E-state index in [9.17, 15) is 24.0 Å². The second-order valence-electron chi connectivity index (χ2n) is 13.9. The number of fused-ring (bicyclic) bond motifs is 4. The summed E-state index contributed by atoms with van der Waals surface area (Å²) in [5, 5.41) is 6.67. The fourth-order valence-electron chi connectivity index (χ4n) is 7.21. The molecular weight excluding hydrogens is 692 g/mol. The minimum atomic E-state index is -1.12. The number of hydrogen-bond acceptors (Lipinski definition) is 7. The van der Waals surface area contributed by atoms with Crippen LogP contribution >= 0.6 is 0 Å². The summed E-state index contributed by atoms with van der Waals surface area (Å²) in [7, 11) is 3.13. The molecule has 0 bridgehead atoms. The third-order valence-corrected chi connectivity index (χ3v) is 9.99. The van der Waals surface area contributed by atoms with Crippen molar-refractivity contribution < 1.29 is 24.0 Å². The first-order valence-corrected chi connectivity index (χ1v) is 17.8. The molecule has 284 valence electrons. The fraction of sp³-hybridized carbons (Fsp3) is 0.378. The molecule has 17 nitrogen and oxygen atoms in total. The van der Waals surface area contributed by atoms with E-state index in [0.717, 1.165) is 33.3 Å². The van der Waals surface area contributed by atoms with E-state index < -0.39 is 53.8 Å². The number of benzene rings is 2. The first-order chi connectivity index (χ1) is 25.9. The summed E-state index contributed by atoms with van der Waals surface area (Å²) in [6.45, 7) is 0.348. The number of imidazole rings is 1. The van der Waals surface area contributed by atoms with Crippen molar-refractivity contribution in [2.75, 3.05) is 20.6 Å². The Morgan fingerprint density at radius 1 is 0.907 bits per heavy atom. The molecule has 1 unspecified atom stereocenters. The van der Waals surface area contributed by atoms with Gasteiger partial charge in [-0.1, -0.05) is 42.5 Å². The number of H-pyrrole nitrogens is 2. The molecule has 0 saturated carbocycles. The molecule has 17 heteroatoms. The van der Waals surface area contributed by atoms with Crippen LogP contribution in [0.1, 0.15) is 40.9 Å². The van der Waals surface area contributed by atoms with E-state index in [-0.39, 0.29) is 51.3 Å². The van der Waals surface area contributed by atoms with Gasteiger partial charge in [0.25, 0.3) is 0 Å². The quantitative estimate of drug-likeness (QED) is 0.0591. The monoisotopic (exact) mass is 738 g/mol. The predicted octanol–water partition coefficient (Wildman–Crippen LogP) is 0.00400. The van der Waals surface area contributed by atoms with Crippen LogP contribution in [0.4, 0.5) is 4.79 Å². The third kappa shape index (κ3) is 8.14. The van der Waals surface area contributed by atoms with Crippen molar-refractivity contribution >= 4 is 46.5 Å². The molecule has 4 heterocycles. The summed E-state index contributed by atoms with van der Waals surface area (Å²) in [4.78, 5) is 87.9. The molecule has 54 heavy (non-hydrogen) atoms. The number of hydrogen-bond donors (Lipinski definition) is 7. The van der Waals surface area contributed by atoms with E-state index in [1.807, 2.05) is 48.5 Å². The van der Waals surface area contributed by atoms with Crippen LogP contribution in [0.5, 0.6) is 0 Å². The molecule has 0 radical (unpaired) electrons. The van der Waals surface area contributed by atoms with E-state index in [1.54, 1.807) is 20.3 Å². The van der Waals surface area contributed by atoms with Crippen LogP contribution < -0.4 is 27.8 Å². The standard InChI is InChI=1S/C37H46N12O5/c1-47(2)37(54)46-28(15-23-17-41-20-43-23)35(53)48-18-22-9-4-3-8-21(22)14-31(48)33(51)45-27(12-7-13-42-36(39)40)34(52)49-19-29-25(16-30(49)32(38)50)24-10-5-6-11-26(24)44-29/h3-6,8-11,17,20,27-28,30-31,44H,7,12-16,18-19H2,1-2H3,(H2,38,50)(H,41,43)(H,45,51)(H,46,54)(H4,39,40,42)/t27-,28-,30?,31+/m0/s1. The maximum atomic E-state index is 14.5. The van der Waals surface area contributed by atoms with Crippen molar-refractivity contribution in [2.24, 2.45) is 22.2 Å². The minimum Gasteiger partial charge on any atom is -0.370 e. The number of para-hydroxylation sites is 1. The van der Waals surface area contributed by atoms with Crippen LogP contribution in [-0.2, 0) is 51.5 Å². The summed E-state index contributed by atoms with van der Waals surface area (Å²) in [5.41, 5.74) is 21.9. The molecule has 2 aromatic carbocycles. The van der Waals surface area contributed by atoms with Crippen molar-refractivity contribution in [3.63, 3.8) is 0 Å². The van der Waals surface area contributed by atoms with Gasteiger partial charge in [-0.3, -0.25) is 24.2 Å². The van der Waals surface area contributed by atoms with Crippen molar-refractivity contribution in [1.29, 1.82) is 0 Å². The number of carbonyl (C=O) groups is 5. The Hall–Kier alpha value is -6.39. The van der Waals surface area contributed by atoms with Gasteiger partial charge in [0.15, 0.2) is 5.96 Å². The Balaban J connectivity index is 1.30. The Morgan fingerprint density at radius 2 is 1.61 bits per heavy atom. The molecule has 4 atom stereocenters. The molecule has 4 aromatic rings. The maximum absolute atomic E-state index is 14.5. The largest absolute Gasteiger partial charge is 0.370 e. The number of guanidine groups is 1. The third-order valence-electron chi connectivity index (χ3n) is 9.99. The van der Waals surface area contributed by atoms with Gasteiger partial charge in [-0.25, -0.2) is 9.78 Å². The Labute approximate surface area is 311 Å². The molecule has 6 rings (SSSR count). The molecule has 0 spiro atoms. The van der Waals surface area contributed by atoms with E-state index in [2.05, 4.69) is 30.6 Å². The normalized spacial score (nSPS) is 17.4. The number of aromatic amines is 2. The SMILES string of the molecule is CN(C)C(=O)N[C@@H](Cc1cnc[nH]1)C(=O)N1Cc2ccccc2C[C@@H]1C(=O)N[C@@H](CCCN=C(N)N)C(=O)N1Cc2[nH]c3ccccc3c2CC1C(N)=O. The highest BCUT2D eigenvalue weighted by Gasteiger charge is 2.42. The number of aliphatic imine (C=N–C) groups is 1. The number of nitrogens with two attached hydrogens (primary N) is 3. The van der Waals surface area contributed by atoms with Gasteiger partial charge >= 0.3 is 6.03 Å². The smallest absolute Gasteiger partial charge is 0.317 e. The first kappa shape index (κ1) is 37.4. The molecule has 0 aliphatic carbocycles. The molecule has 0 fully saturated rings. The van der Waals surface area contributed by atoms with Crippen LogP contribution in [0.2, 0.25) is 0 Å². The lowest BCUT2D eigenvalue weighted by Gasteiger charge is -2.39. The number of aromatic nitrogens is 3. The first-order valence-electron chi connectivity index (χ1n) is 17.8. The zero-order chi connectivity index (χ0) is 38.5. The van der Waals surface area contributed by atoms with Crippen LogP contribution in [0.3, 0.4) is 0 Å². The van der Waals surface area contributed by atoms with Crippen LogP contribution in [0, 0.1) is 0 Å². The summed E-state index contributed by atoms with van der Waals surface area (Å²) in [6.07, 6.45) is 3.94. The summed E-state index contributed by atoms with van der Waals surface area (Å²) in [6, 6.07) is 10.5. The Bertz CT molecular complexity index is 2050. The second-order valence-corrected chi connectivity index (χ2v) is 13.9. The van der Waals surface area contributed by atoms with Crippen molar-refractivity contribution in [2.45, 2.75) is 69.4 Å². The maximum Gasteiger partial charge on any atom is 0.317 e. The van der Waals surface area contributed by atoms with Gasteiger partial charge in [0, 0.05) is 74.9 Å². The van der Waals surface area contributed by atoms with Gasteiger partial charge in [-0.2, -0.15) is 0 Å². The Morgan fingerprint density at radius 3 is 2.31 bits per heavy atom. The fourth-order valence-corrected chi connectivity index (χ4v) is 7.21. The number of rotatable bonds is 12. The van der Waals surface area contributed by atoms with Crippen molar-refractivity contribution in [3.05, 3.63) is 89.1 Å². The number of amides is 6. The lowest BCUT2D eigenvalue weighted by Crippen LogP contribution is -2.62. The van der Waals surface area contributed by atoms with E-state index in [1.165, 1.54) is 21.0 Å². The minimum absolute atomic E-state index is 0.0684. The highest BCUT2D eigenvalue weighted by Crippen LogP contribution is 2.31. The number of primary amides is 1. The number of urea groups is 1. The van der Waals surface area contributed by atoms with E-state index in [4.69, 9.17) is 17.2 Å². The zero-order valence-electron chi connectivity index (χ0n) is 30.2. The van der Waals surface area contributed by atoms with Gasteiger partial charge < -0.3 is 52.5 Å². The molecule has 2 aromatic heterocycles. The molecular formula is C37H46N12O5. The molecule has 2 aliphatic heterocycles. The molecule has 6 amide bonds. The topological polar surface area (TPSA) is 254 Å². The molecule has 2 aliphatic rings. The molecule has 0 saturated heterocycles.